The van der Waals surface area contributed by atoms with Crippen molar-refractivity contribution in [3.63, 3.8) is 0 Å². The minimum Gasteiger partial charge on any atom is -0.292 e. The quantitative estimate of drug-likeness (QED) is 0.774. The lowest BCUT2D eigenvalue weighted by Crippen LogP contribution is -2.39. The molecule has 0 amide bonds. The molecule has 0 aliphatic heterocycles. The first-order valence-corrected chi connectivity index (χ1v) is 7.42. The Balaban J connectivity index is 3.13. The molecule has 4 heteroatoms. The summed E-state index contributed by atoms with van der Waals surface area (Å²) in [7, 11) is -3.41. The Hall–Kier alpha value is -1.16. The van der Waals surface area contributed by atoms with Gasteiger partial charge in [-0.15, -0.1) is 0 Å². The average molecular weight is 254 g/mol. The van der Waals surface area contributed by atoms with E-state index in [1.807, 2.05) is 19.1 Å². The monoisotopic (exact) mass is 254 g/mol. The molecule has 0 bridgehead atoms. The number of benzene rings is 1. The smallest absolute Gasteiger partial charge is 0.183 e. The molecule has 0 saturated carbocycles. The van der Waals surface area contributed by atoms with Crippen LogP contribution in [-0.2, 0) is 16.3 Å². The van der Waals surface area contributed by atoms with Crippen molar-refractivity contribution in [2.24, 2.45) is 0 Å². The Morgan fingerprint density at radius 1 is 1.18 bits per heavy atom. The third kappa shape index (κ3) is 2.75. The van der Waals surface area contributed by atoms with Gasteiger partial charge in [0, 0.05) is 11.8 Å². The van der Waals surface area contributed by atoms with Crippen LogP contribution in [0.4, 0.5) is 0 Å². The van der Waals surface area contributed by atoms with Crippen LogP contribution in [0.1, 0.15) is 36.7 Å². The van der Waals surface area contributed by atoms with Crippen molar-refractivity contribution < 1.29 is 13.2 Å². The summed E-state index contributed by atoms with van der Waals surface area (Å²) in [5, 5.41) is 0. The molecule has 0 atom stereocenters. The molecule has 17 heavy (non-hydrogen) atoms. The molecule has 3 nitrogen and oxygen atoms in total. The molecule has 1 aromatic carbocycles. The number of carbonyl (C=O) groups is 1. The minimum absolute atomic E-state index is 0.359. The molecular weight excluding hydrogens is 236 g/mol. The van der Waals surface area contributed by atoms with Gasteiger partial charge in [0.05, 0.1) is 0 Å². The number of hydrogen-bond acceptors (Lipinski definition) is 3. The van der Waals surface area contributed by atoms with Gasteiger partial charge in [-0.1, -0.05) is 31.2 Å². The predicted molar refractivity (Wildman–Crippen MR) is 69.1 cm³/mol. The second-order valence-corrected chi connectivity index (χ2v) is 7.23. The van der Waals surface area contributed by atoms with Crippen LogP contribution in [0.5, 0.6) is 0 Å². The van der Waals surface area contributed by atoms with Crippen molar-refractivity contribution in [2.75, 3.05) is 6.26 Å². The fourth-order valence-electron chi connectivity index (χ4n) is 1.41. The average Bonchev–Trinajstić information content (AvgIpc) is 2.26. The zero-order chi connectivity index (χ0) is 13.3. The molecule has 0 unspecified atom stereocenters. The maximum Gasteiger partial charge on any atom is 0.183 e. The Labute approximate surface area is 103 Å². The van der Waals surface area contributed by atoms with E-state index in [2.05, 4.69) is 0 Å². The number of carbonyl (C=O) groups excluding carboxylic acids is 1. The first-order chi connectivity index (χ1) is 7.70. The van der Waals surface area contributed by atoms with Crippen LogP contribution in [0.3, 0.4) is 0 Å². The fraction of sp³-hybridized carbons (Fsp3) is 0.462. The van der Waals surface area contributed by atoms with Crippen molar-refractivity contribution in [1.82, 2.24) is 0 Å². The summed E-state index contributed by atoms with van der Waals surface area (Å²) in [6.45, 7) is 4.91. The van der Waals surface area contributed by atoms with Crippen molar-refractivity contribution in [3.05, 3.63) is 35.4 Å². The fourth-order valence-corrected chi connectivity index (χ4v) is 1.86. The zero-order valence-corrected chi connectivity index (χ0v) is 11.5. The van der Waals surface area contributed by atoms with Gasteiger partial charge < -0.3 is 0 Å². The van der Waals surface area contributed by atoms with Crippen molar-refractivity contribution in [3.8, 4) is 0 Å². The molecule has 1 rings (SSSR count). The number of rotatable bonds is 4. The number of ketones is 1. The number of Topliss-reactive ketones (excluding diaryl/α,β-unsaturated/α-hetero) is 1. The number of sulfone groups is 1. The molecule has 0 aliphatic rings. The molecule has 1 aromatic rings. The van der Waals surface area contributed by atoms with Crippen LogP contribution in [0.15, 0.2) is 24.3 Å². The van der Waals surface area contributed by atoms with E-state index < -0.39 is 14.6 Å². The highest BCUT2D eigenvalue weighted by Crippen LogP contribution is 2.21. The highest BCUT2D eigenvalue weighted by Gasteiger charge is 2.38. The molecular formula is C13H18O3S. The maximum absolute atomic E-state index is 12.1. The molecule has 0 radical (unpaired) electrons. The van der Waals surface area contributed by atoms with Crippen molar-refractivity contribution in [1.29, 1.82) is 0 Å². The molecule has 0 saturated heterocycles. The molecule has 0 fully saturated rings. The van der Waals surface area contributed by atoms with Crippen LogP contribution < -0.4 is 0 Å². The second-order valence-electron chi connectivity index (χ2n) is 4.66. The normalized spacial score (nSPS) is 12.5. The standard InChI is InChI=1S/C13H18O3S/c1-5-10-6-8-11(9-7-10)12(14)13(2,3)17(4,15)16/h6-9H,5H2,1-4H3. The number of hydrogen-bond donors (Lipinski definition) is 0. The van der Waals surface area contributed by atoms with E-state index in [9.17, 15) is 13.2 Å². The van der Waals surface area contributed by atoms with Gasteiger partial charge in [-0.3, -0.25) is 4.79 Å². The largest absolute Gasteiger partial charge is 0.292 e. The van der Waals surface area contributed by atoms with Gasteiger partial charge in [-0.2, -0.15) is 0 Å². The summed E-state index contributed by atoms with van der Waals surface area (Å²) < 4.78 is 21.8. The van der Waals surface area contributed by atoms with Crippen LogP contribution in [0.25, 0.3) is 0 Å². The van der Waals surface area contributed by atoms with Crippen molar-refractivity contribution >= 4 is 15.6 Å². The Kier molecular flexibility index (Phi) is 3.77. The topological polar surface area (TPSA) is 51.2 Å². The van der Waals surface area contributed by atoms with Crippen molar-refractivity contribution in [2.45, 2.75) is 31.9 Å². The van der Waals surface area contributed by atoms with Crippen LogP contribution in [0, 0.1) is 0 Å². The van der Waals surface area contributed by atoms with Gasteiger partial charge >= 0.3 is 0 Å². The lowest BCUT2D eigenvalue weighted by molar-refractivity contribution is 0.0954. The first-order valence-electron chi connectivity index (χ1n) is 5.53. The lowest BCUT2D eigenvalue weighted by atomic mass is 9.99. The third-order valence-electron chi connectivity index (χ3n) is 3.10. The highest BCUT2D eigenvalue weighted by atomic mass is 32.2. The van der Waals surface area contributed by atoms with Gasteiger partial charge in [0.15, 0.2) is 15.6 Å². The summed E-state index contributed by atoms with van der Waals surface area (Å²) in [4.78, 5) is 12.1. The van der Waals surface area contributed by atoms with E-state index in [-0.39, 0.29) is 5.78 Å². The second kappa shape index (κ2) is 4.61. The van der Waals surface area contributed by atoms with Gasteiger partial charge in [-0.05, 0) is 25.8 Å². The maximum atomic E-state index is 12.1. The Bertz CT molecular complexity index is 510. The predicted octanol–water partition coefficient (Wildman–Crippen LogP) is 2.25. The van der Waals surface area contributed by atoms with E-state index in [0.717, 1.165) is 18.2 Å². The van der Waals surface area contributed by atoms with E-state index in [0.29, 0.717) is 5.56 Å². The molecule has 0 N–H and O–H groups in total. The van der Waals surface area contributed by atoms with E-state index in [4.69, 9.17) is 0 Å². The van der Waals surface area contributed by atoms with E-state index in [1.165, 1.54) is 13.8 Å². The molecule has 0 aliphatic carbocycles. The summed E-state index contributed by atoms with van der Waals surface area (Å²) in [5.74, 6) is -0.359. The zero-order valence-electron chi connectivity index (χ0n) is 10.6. The van der Waals surface area contributed by atoms with Gasteiger partial charge in [0.25, 0.3) is 0 Å². The summed E-state index contributed by atoms with van der Waals surface area (Å²) in [5.41, 5.74) is 1.57. The van der Waals surface area contributed by atoms with Crippen LogP contribution in [-0.4, -0.2) is 25.2 Å². The van der Waals surface area contributed by atoms with E-state index >= 15 is 0 Å². The lowest BCUT2D eigenvalue weighted by Gasteiger charge is -2.20. The SMILES string of the molecule is CCc1ccc(C(=O)C(C)(C)S(C)(=O)=O)cc1. The highest BCUT2D eigenvalue weighted by molar-refractivity contribution is 7.92. The summed E-state index contributed by atoms with van der Waals surface area (Å²) in [6.07, 6.45) is 1.98. The van der Waals surface area contributed by atoms with Gasteiger partial charge in [0.1, 0.15) is 4.75 Å². The summed E-state index contributed by atoms with van der Waals surface area (Å²) >= 11 is 0. The Morgan fingerprint density at radius 2 is 1.65 bits per heavy atom. The molecule has 0 spiro atoms. The third-order valence-corrected chi connectivity index (χ3v) is 5.14. The van der Waals surface area contributed by atoms with Gasteiger partial charge in [-0.25, -0.2) is 8.42 Å². The Morgan fingerprint density at radius 3 is 2.00 bits per heavy atom. The molecule has 94 valence electrons. The van der Waals surface area contributed by atoms with Gasteiger partial charge in [0.2, 0.25) is 0 Å². The molecule has 0 heterocycles. The van der Waals surface area contributed by atoms with Crippen LogP contribution in [0.2, 0.25) is 0 Å². The number of aryl methyl sites for hydroxylation is 1. The summed E-state index contributed by atoms with van der Waals surface area (Å²) in [6, 6.07) is 7.08. The van der Waals surface area contributed by atoms with Crippen LogP contribution >= 0.6 is 0 Å². The first kappa shape index (κ1) is 13.9. The molecule has 0 aromatic heterocycles. The minimum atomic E-state index is -3.41. The van der Waals surface area contributed by atoms with E-state index in [1.54, 1.807) is 12.1 Å².